The minimum Gasteiger partial charge on any atom is -0.341 e. The zero-order valence-electron chi connectivity index (χ0n) is 13.5. The van der Waals surface area contributed by atoms with E-state index in [1.807, 2.05) is 0 Å². The van der Waals surface area contributed by atoms with Crippen molar-refractivity contribution in [1.29, 1.82) is 0 Å². The highest BCUT2D eigenvalue weighted by Crippen LogP contribution is 2.34. The van der Waals surface area contributed by atoms with Crippen molar-refractivity contribution >= 4 is 5.91 Å². The average Bonchev–Trinajstić information content (AvgIpc) is 2.51. The maximum atomic E-state index is 12.2. The second-order valence-electron chi connectivity index (χ2n) is 6.89. The van der Waals surface area contributed by atoms with Crippen molar-refractivity contribution in [3.05, 3.63) is 0 Å². The predicted molar refractivity (Wildman–Crippen MR) is 81.1 cm³/mol. The Bertz CT molecular complexity index is 283. The van der Waals surface area contributed by atoms with Gasteiger partial charge in [-0.05, 0) is 37.1 Å². The topological polar surface area (TPSA) is 32.3 Å². The lowest BCUT2D eigenvalue weighted by Crippen LogP contribution is -2.43. The van der Waals surface area contributed by atoms with Gasteiger partial charge < -0.3 is 10.2 Å². The number of likely N-dealkylation sites (N-methyl/N-ethyl adjacent to an activating group) is 1. The molecule has 0 spiro atoms. The Morgan fingerprint density at radius 1 is 1.32 bits per heavy atom. The van der Waals surface area contributed by atoms with Gasteiger partial charge in [0.15, 0.2) is 0 Å². The molecule has 112 valence electrons. The molecule has 19 heavy (non-hydrogen) atoms. The Hall–Kier alpha value is -0.570. The van der Waals surface area contributed by atoms with E-state index in [0.717, 1.165) is 45.3 Å². The molecule has 0 saturated carbocycles. The monoisotopic (exact) mass is 268 g/mol. The highest BCUT2D eigenvalue weighted by atomic mass is 16.2. The molecule has 0 bridgehead atoms. The van der Waals surface area contributed by atoms with Gasteiger partial charge in [-0.15, -0.1) is 0 Å². The number of hydrogen-bond acceptors (Lipinski definition) is 2. The summed E-state index contributed by atoms with van der Waals surface area (Å²) in [5.74, 6) is 1.02. The second-order valence-corrected chi connectivity index (χ2v) is 6.89. The van der Waals surface area contributed by atoms with E-state index in [4.69, 9.17) is 0 Å². The van der Waals surface area contributed by atoms with E-state index in [9.17, 15) is 4.79 Å². The summed E-state index contributed by atoms with van der Waals surface area (Å²) in [5.41, 5.74) is 0.322. The summed E-state index contributed by atoms with van der Waals surface area (Å²) < 4.78 is 0. The first-order valence-electron chi connectivity index (χ1n) is 7.89. The van der Waals surface area contributed by atoms with Crippen molar-refractivity contribution in [2.24, 2.45) is 11.3 Å². The number of amides is 1. The molecule has 3 heteroatoms. The largest absolute Gasteiger partial charge is 0.341 e. The first-order chi connectivity index (χ1) is 8.88. The Balaban J connectivity index is 2.58. The van der Waals surface area contributed by atoms with Crippen LogP contribution in [0.15, 0.2) is 0 Å². The molecule has 0 aromatic rings. The first kappa shape index (κ1) is 16.5. The van der Waals surface area contributed by atoms with Gasteiger partial charge in [0.25, 0.3) is 0 Å². The van der Waals surface area contributed by atoms with Crippen LogP contribution in [-0.2, 0) is 4.79 Å². The normalized spacial score (nSPS) is 23.3. The zero-order chi connectivity index (χ0) is 14.5. The maximum absolute atomic E-state index is 12.2. The number of nitrogens with zero attached hydrogens (tertiary/aromatic N) is 1. The fourth-order valence-electron chi connectivity index (χ4n) is 2.99. The molecule has 3 nitrogen and oxygen atoms in total. The highest BCUT2D eigenvalue weighted by molar-refractivity contribution is 5.76. The standard InChI is InChI=1S/C16H32N2O/c1-6-14(17-7-2)12-18-11-10-13(16(3,4)5)8-9-15(18)19/h13-14,17H,6-12H2,1-5H3. The van der Waals surface area contributed by atoms with Crippen molar-refractivity contribution < 1.29 is 4.79 Å². The molecular formula is C16H32N2O. The smallest absolute Gasteiger partial charge is 0.222 e. The van der Waals surface area contributed by atoms with Gasteiger partial charge in [0, 0.05) is 25.6 Å². The Labute approximate surface area is 119 Å². The lowest BCUT2D eigenvalue weighted by atomic mass is 9.77. The van der Waals surface area contributed by atoms with Gasteiger partial charge in [-0.2, -0.15) is 0 Å². The molecule has 1 saturated heterocycles. The van der Waals surface area contributed by atoms with Crippen LogP contribution in [0, 0.1) is 11.3 Å². The van der Waals surface area contributed by atoms with Crippen LogP contribution < -0.4 is 5.32 Å². The third-order valence-corrected chi connectivity index (χ3v) is 4.46. The van der Waals surface area contributed by atoms with E-state index in [1.54, 1.807) is 0 Å². The van der Waals surface area contributed by atoms with E-state index in [2.05, 4.69) is 44.8 Å². The molecule has 1 heterocycles. The van der Waals surface area contributed by atoms with Gasteiger partial charge in [0.05, 0.1) is 0 Å². The minimum absolute atomic E-state index is 0.322. The van der Waals surface area contributed by atoms with Gasteiger partial charge in [-0.3, -0.25) is 4.79 Å². The molecule has 0 aromatic heterocycles. The van der Waals surface area contributed by atoms with Crippen molar-refractivity contribution in [1.82, 2.24) is 10.2 Å². The van der Waals surface area contributed by atoms with Crippen LogP contribution >= 0.6 is 0 Å². The Morgan fingerprint density at radius 3 is 2.53 bits per heavy atom. The molecular weight excluding hydrogens is 236 g/mol. The van der Waals surface area contributed by atoms with E-state index >= 15 is 0 Å². The van der Waals surface area contributed by atoms with Crippen molar-refractivity contribution in [3.63, 3.8) is 0 Å². The second kappa shape index (κ2) is 7.28. The van der Waals surface area contributed by atoms with Crippen molar-refractivity contribution in [2.75, 3.05) is 19.6 Å². The van der Waals surface area contributed by atoms with Crippen LogP contribution in [0.5, 0.6) is 0 Å². The van der Waals surface area contributed by atoms with E-state index in [0.29, 0.717) is 23.3 Å². The summed E-state index contributed by atoms with van der Waals surface area (Å²) in [6, 6.07) is 0.445. The van der Waals surface area contributed by atoms with Crippen LogP contribution in [0.25, 0.3) is 0 Å². The fourth-order valence-corrected chi connectivity index (χ4v) is 2.99. The number of nitrogens with one attached hydrogen (secondary N) is 1. The quantitative estimate of drug-likeness (QED) is 0.831. The van der Waals surface area contributed by atoms with Gasteiger partial charge in [0.2, 0.25) is 5.91 Å². The van der Waals surface area contributed by atoms with Gasteiger partial charge in [-0.25, -0.2) is 0 Å². The summed E-state index contributed by atoms with van der Waals surface area (Å²) >= 11 is 0. The molecule has 1 fully saturated rings. The molecule has 0 aliphatic carbocycles. The number of carbonyl (C=O) groups is 1. The van der Waals surface area contributed by atoms with Gasteiger partial charge >= 0.3 is 0 Å². The Morgan fingerprint density at radius 2 is 2.00 bits per heavy atom. The molecule has 1 amide bonds. The van der Waals surface area contributed by atoms with Crippen LogP contribution in [-0.4, -0.2) is 36.5 Å². The first-order valence-corrected chi connectivity index (χ1v) is 7.89. The summed E-state index contributed by atoms with van der Waals surface area (Å²) in [7, 11) is 0. The minimum atomic E-state index is 0.322. The van der Waals surface area contributed by atoms with Crippen molar-refractivity contribution in [2.45, 2.75) is 66.3 Å². The third kappa shape index (κ3) is 5.13. The number of rotatable bonds is 5. The lowest BCUT2D eigenvalue weighted by molar-refractivity contribution is -0.131. The summed E-state index contributed by atoms with van der Waals surface area (Å²) in [4.78, 5) is 14.3. The Kier molecular flexibility index (Phi) is 6.31. The number of likely N-dealkylation sites (tertiary alicyclic amines) is 1. The van der Waals surface area contributed by atoms with Crippen LogP contribution in [0.3, 0.4) is 0 Å². The maximum Gasteiger partial charge on any atom is 0.222 e. The van der Waals surface area contributed by atoms with Crippen LogP contribution in [0.1, 0.15) is 60.3 Å². The third-order valence-electron chi connectivity index (χ3n) is 4.46. The van der Waals surface area contributed by atoms with Gasteiger partial charge in [0.1, 0.15) is 0 Å². The van der Waals surface area contributed by atoms with Gasteiger partial charge in [-0.1, -0.05) is 34.6 Å². The summed E-state index contributed by atoms with van der Waals surface area (Å²) in [5, 5.41) is 3.47. The summed E-state index contributed by atoms with van der Waals surface area (Å²) in [6.45, 7) is 14.0. The number of carbonyl (C=O) groups excluding carboxylic acids is 1. The molecule has 0 radical (unpaired) electrons. The SMILES string of the molecule is CCNC(CC)CN1CCC(C(C)(C)C)CCC1=O. The highest BCUT2D eigenvalue weighted by Gasteiger charge is 2.30. The molecule has 1 aliphatic heterocycles. The summed E-state index contributed by atoms with van der Waals surface area (Å²) in [6.07, 6.45) is 4.01. The van der Waals surface area contributed by atoms with Crippen molar-refractivity contribution in [3.8, 4) is 0 Å². The van der Waals surface area contributed by atoms with E-state index < -0.39 is 0 Å². The predicted octanol–water partition coefficient (Wildman–Crippen LogP) is 3.05. The van der Waals surface area contributed by atoms with Crippen LogP contribution in [0.2, 0.25) is 0 Å². The van der Waals surface area contributed by atoms with Crippen LogP contribution in [0.4, 0.5) is 0 Å². The fraction of sp³-hybridized carbons (Fsp3) is 0.938. The lowest BCUT2D eigenvalue weighted by Gasteiger charge is -2.30. The molecule has 2 atom stereocenters. The van der Waals surface area contributed by atoms with E-state index in [-0.39, 0.29) is 0 Å². The molecule has 1 rings (SSSR count). The molecule has 2 unspecified atom stereocenters. The average molecular weight is 268 g/mol. The van der Waals surface area contributed by atoms with E-state index in [1.165, 1.54) is 0 Å². The zero-order valence-corrected chi connectivity index (χ0v) is 13.5. The molecule has 1 N–H and O–H groups in total. The molecule has 0 aromatic carbocycles. The number of hydrogen-bond donors (Lipinski definition) is 1. The molecule has 1 aliphatic rings.